The maximum atomic E-state index is 12.0. The Morgan fingerprint density at radius 2 is 1.82 bits per heavy atom. The monoisotopic (exact) mass is 297 g/mol. The second kappa shape index (κ2) is 5.67. The van der Waals surface area contributed by atoms with Crippen molar-refractivity contribution in [3.8, 4) is 0 Å². The molecule has 0 saturated carbocycles. The molecule has 0 spiro atoms. The molecule has 3 N–H and O–H groups in total. The van der Waals surface area contributed by atoms with Crippen LogP contribution in [-0.2, 0) is 17.6 Å². The lowest BCUT2D eigenvalue weighted by Crippen LogP contribution is -2.44. The highest BCUT2D eigenvalue weighted by atomic mass is 16.2. The van der Waals surface area contributed by atoms with Crippen molar-refractivity contribution in [1.29, 1.82) is 0 Å². The molecule has 0 bridgehead atoms. The first-order valence-corrected chi connectivity index (χ1v) is 7.42. The lowest BCUT2D eigenvalue weighted by atomic mass is 10.0. The minimum absolute atomic E-state index is 0.359. The van der Waals surface area contributed by atoms with Crippen molar-refractivity contribution >= 4 is 28.4 Å². The van der Waals surface area contributed by atoms with E-state index in [-0.39, 0.29) is 5.91 Å². The molecule has 3 rings (SSSR count). The topological polar surface area (TPSA) is 70.2 Å². The van der Waals surface area contributed by atoms with Gasteiger partial charge in [0.15, 0.2) is 0 Å². The van der Waals surface area contributed by atoms with Crippen LogP contribution in [0.3, 0.4) is 0 Å². The predicted molar refractivity (Wildman–Crippen MR) is 87.0 cm³/mol. The summed E-state index contributed by atoms with van der Waals surface area (Å²) in [6, 6.07) is 9.40. The lowest BCUT2D eigenvalue weighted by molar-refractivity contribution is -0.120. The van der Waals surface area contributed by atoms with Gasteiger partial charge in [0.1, 0.15) is 6.04 Å². The first kappa shape index (κ1) is 14.4. The van der Waals surface area contributed by atoms with E-state index >= 15 is 0 Å². The van der Waals surface area contributed by atoms with E-state index < -0.39 is 12.1 Å². The molecule has 0 aromatic heterocycles. The van der Waals surface area contributed by atoms with Crippen molar-refractivity contribution in [2.24, 2.45) is 0 Å². The largest absolute Gasteiger partial charge is 0.373 e. The summed E-state index contributed by atoms with van der Waals surface area (Å²) >= 11 is 0. The van der Waals surface area contributed by atoms with Gasteiger partial charge in [-0.1, -0.05) is 24.3 Å². The zero-order valence-corrected chi connectivity index (χ0v) is 12.7. The Kier molecular flexibility index (Phi) is 3.71. The fraction of sp³-hybridized carbons (Fsp3) is 0.294. The van der Waals surface area contributed by atoms with E-state index in [9.17, 15) is 9.59 Å². The summed E-state index contributed by atoms with van der Waals surface area (Å²) in [5, 5.41) is 10.3. The molecule has 2 aromatic rings. The first-order chi connectivity index (χ1) is 10.6. The number of imide groups is 1. The zero-order chi connectivity index (χ0) is 15.7. The number of carbonyl (C=O) groups is 2. The molecule has 1 atom stereocenters. The van der Waals surface area contributed by atoms with Gasteiger partial charge in [0.05, 0.1) is 0 Å². The Morgan fingerprint density at radius 3 is 2.55 bits per heavy atom. The van der Waals surface area contributed by atoms with Gasteiger partial charge in [-0.05, 0) is 42.3 Å². The average Bonchev–Trinajstić information content (AvgIpc) is 2.94. The molecule has 2 aromatic carbocycles. The zero-order valence-electron chi connectivity index (χ0n) is 12.7. The maximum Gasteiger partial charge on any atom is 0.321 e. The Morgan fingerprint density at radius 1 is 1.09 bits per heavy atom. The van der Waals surface area contributed by atoms with Gasteiger partial charge in [0, 0.05) is 18.1 Å². The fourth-order valence-corrected chi connectivity index (χ4v) is 2.95. The molecule has 0 heterocycles. The van der Waals surface area contributed by atoms with Crippen LogP contribution in [0.5, 0.6) is 0 Å². The van der Waals surface area contributed by atoms with Crippen LogP contribution < -0.4 is 16.0 Å². The fourth-order valence-electron chi connectivity index (χ4n) is 2.95. The quantitative estimate of drug-likeness (QED) is 0.813. The van der Waals surface area contributed by atoms with Gasteiger partial charge in [-0.2, -0.15) is 0 Å². The second-order valence-corrected chi connectivity index (χ2v) is 5.55. The van der Waals surface area contributed by atoms with Crippen LogP contribution >= 0.6 is 0 Å². The van der Waals surface area contributed by atoms with Gasteiger partial charge in [-0.3, -0.25) is 10.1 Å². The van der Waals surface area contributed by atoms with Crippen molar-refractivity contribution < 1.29 is 9.59 Å². The minimum Gasteiger partial charge on any atom is -0.373 e. The van der Waals surface area contributed by atoms with Crippen molar-refractivity contribution in [3.63, 3.8) is 0 Å². The molecule has 0 radical (unpaired) electrons. The molecule has 1 aliphatic rings. The van der Waals surface area contributed by atoms with E-state index in [2.05, 4.69) is 34.1 Å². The summed E-state index contributed by atoms with van der Waals surface area (Å²) in [6.07, 6.45) is 2.14. The molecular formula is C17H19N3O2. The van der Waals surface area contributed by atoms with Crippen LogP contribution in [0.1, 0.15) is 18.1 Å². The van der Waals surface area contributed by atoms with Gasteiger partial charge in [-0.15, -0.1) is 0 Å². The normalized spacial score (nSPS) is 13.7. The van der Waals surface area contributed by atoms with Crippen LogP contribution in [-0.4, -0.2) is 25.0 Å². The second-order valence-electron chi connectivity index (χ2n) is 5.55. The molecule has 1 aliphatic carbocycles. The van der Waals surface area contributed by atoms with Crippen LogP contribution in [0, 0.1) is 0 Å². The van der Waals surface area contributed by atoms with Gasteiger partial charge >= 0.3 is 6.03 Å². The van der Waals surface area contributed by atoms with Crippen LogP contribution in [0.4, 0.5) is 10.5 Å². The van der Waals surface area contributed by atoms with E-state index in [0.717, 1.165) is 23.9 Å². The predicted octanol–water partition coefficient (Wildman–Crippen LogP) is 2.19. The highest BCUT2D eigenvalue weighted by Crippen LogP contribution is 2.35. The third kappa shape index (κ3) is 2.50. The van der Waals surface area contributed by atoms with Gasteiger partial charge < -0.3 is 10.6 Å². The molecule has 22 heavy (non-hydrogen) atoms. The number of hydrogen-bond donors (Lipinski definition) is 3. The van der Waals surface area contributed by atoms with Crippen molar-refractivity contribution in [1.82, 2.24) is 10.6 Å². The van der Waals surface area contributed by atoms with E-state index in [1.165, 1.54) is 23.6 Å². The summed E-state index contributed by atoms with van der Waals surface area (Å²) in [6.45, 7) is 1.74. The third-order valence-corrected chi connectivity index (χ3v) is 4.11. The van der Waals surface area contributed by atoms with Crippen molar-refractivity contribution in [3.05, 3.63) is 41.5 Å². The molecule has 0 aliphatic heterocycles. The summed E-state index contributed by atoms with van der Waals surface area (Å²) in [4.78, 5) is 23.2. The summed E-state index contributed by atoms with van der Waals surface area (Å²) < 4.78 is 0. The smallest absolute Gasteiger partial charge is 0.321 e. The van der Waals surface area contributed by atoms with Gasteiger partial charge in [0.2, 0.25) is 5.91 Å². The number of anilines is 1. The molecule has 0 fully saturated rings. The SMILES string of the molecule is CNC(=O)NC(=O)C(C)Nc1ccc2c3c(cccc13)CC2. The summed E-state index contributed by atoms with van der Waals surface area (Å²) in [5.74, 6) is -0.359. The first-order valence-electron chi connectivity index (χ1n) is 7.42. The van der Waals surface area contributed by atoms with E-state index in [1.807, 2.05) is 12.1 Å². The Hall–Kier alpha value is -2.56. The van der Waals surface area contributed by atoms with Crippen molar-refractivity contribution in [2.75, 3.05) is 12.4 Å². The molecule has 5 nitrogen and oxygen atoms in total. The number of urea groups is 1. The molecule has 3 amide bonds. The minimum atomic E-state index is -0.504. The number of aryl methyl sites for hydroxylation is 2. The third-order valence-electron chi connectivity index (χ3n) is 4.11. The van der Waals surface area contributed by atoms with E-state index in [4.69, 9.17) is 0 Å². The van der Waals surface area contributed by atoms with Crippen molar-refractivity contribution in [2.45, 2.75) is 25.8 Å². The molecular weight excluding hydrogens is 278 g/mol. The van der Waals surface area contributed by atoms with E-state index in [0.29, 0.717) is 0 Å². The van der Waals surface area contributed by atoms with Crippen LogP contribution in [0.15, 0.2) is 30.3 Å². The maximum absolute atomic E-state index is 12.0. The summed E-state index contributed by atoms with van der Waals surface area (Å²) in [5.41, 5.74) is 3.64. The van der Waals surface area contributed by atoms with E-state index in [1.54, 1.807) is 6.92 Å². The number of benzene rings is 2. The molecule has 1 unspecified atom stereocenters. The molecule has 0 saturated heterocycles. The number of carbonyl (C=O) groups excluding carboxylic acids is 2. The number of hydrogen-bond acceptors (Lipinski definition) is 3. The van der Waals surface area contributed by atoms with Crippen LogP contribution in [0.2, 0.25) is 0 Å². The Balaban J connectivity index is 1.86. The number of nitrogens with one attached hydrogen (secondary N) is 3. The number of rotatable bonds is 3. The highest BCUT2D eigenvalue weighted by molar-refractivity contribution is 6.02. The average molecular weight is 297 g/mol. The lowest BCUT2D eigenvalue weighted by Gasteiger charge is -2.17. The molecule has 5 heteroatoms. The van der Waals surface area contributed by atoms with Gasteiger partial charge in [0.25, 0.3) is 0 Å². The standard InChI is InChI=1S/C17H19N3O2/c1-10(16(21)20-17(22)18-2)19-14-9-8-12-7-6-11-4-3-5-13(14)15(11)12/h3-5,8-10,19H,6-7H2,1-2H3,(H2,18,20,21,22). The Labute approximate surface area is 129 Å². The number of amides is 3. The summed E-state index contributed by atoms with van der Waals surface area (Å²) in [7, 11) is 1.48. The van der Waals surface area contributed by atoms with Gasteiger partial charge in [-0.25, -0.2) is 4.79 Å². The highest BCUT2D eigenvalue weighted by Gasteiger charge is 2.19. The molecule has 114 valence electrons. The van der Waals surface area contributed by atoms with Crippen LogP contribution in [0.25, 0.3) is 10.8 Å². The Bertz CT molecular complexity index is 745.